The van der Waals surface area contributed by atoms with Gasteiger partial charge < -0.3 is 4.42 Å². The molecule has 72 valence electrons. The van der Waals surface area contributed by atoms with Crippen molar-refractivity contribution in [3.8, 4) is 11.3 Å². The van der Waals surface area contributed by atoms with Crippen LogP contribution < -0.4 is 0 Å². The maximum atomic E-state index is 5.79. The van der Waals surface area contributed by atoms with Gasteiger partial charge in [-0.2, -0.15) is 0 Å². The molecule has 0 bridgehead atoms. The van der Waals surface area contributed by atoms with E-state index in [0.717, 1.165) is 17.0 Å². The van der Waals surface area contributed by atoms with Crippen LogP contribution in [0.4, 0.5) is 0 Å². The Morgan fingerprint density at radius 3 is 2.43 bits per heavy atom. The van der Waals surface area contributed by atoms with E-state index in [1.807, 2.05) is 31.2 Å². The van der Waals surface area contributed by atoms with Gasteiger partial charge in [0.25, 0.3) is 4.80 Å². The topological polar surface area (TPSA) is 26.0 Å². The molecule has 2 nitrogen and oxygen atoms in total. The number of aryl methyl sites for hydroxylation is 1. The smallest absolute Gasteiger partial charge is 0.264 e. The third kappa shape index (κ3) is 1.83. The van der Waals surface area contributed by atoms with Crippen LogP contribution in [0.2, 0.25) is 5.02 Å². The van der Waals surface area contributed by atoms with Crippen LogP contribution in [0.3, 0.4) is 0 Å². The van der Waals surface area contributed by atoms with Crippen molar-refractivity contribution in [2.24, 2.45) is 0 Å². The molecule has 0 saturated heterocycles. The summed E-state index contributed by atoms with van der Waals surface area (Å²) in [6, 6.07) is 7.50. The normalized spacial score (nSPS) is 10.5. The Labute approximate surface area is 95.0 Å². The number of halogens is 2. The van der Waals surface area contributed by atoms with Crippen LogP contribution in [0.15, 0.2) is 33.5 Å². The van der Waals surface area contributed by atoms with Crippen molar-refractivity contribution in [1.29, 1.82) is 0 Å². The van der Waals surface area contributed by atoms with Gasteiger partial charge in [0.05, 0.1) is 0 Å². The summed E-state index contributed by atoms with van der Waals surface area (Å²) in [5, 5.41) is 0.717. The molecule has 0 spiro atoms. The highest BCUT2D eigenvalue weighted by Crippen LogP contribution is 2.26. The van der Waals surface area contributed by atoms with Crippen LogP contribution in [0.5, 0.6) is 0 Å². The van der Waals surface area contributed by atoms with Gasteiger partial charge in [0.2, 0.25) is 0 Å². The summed E-state index contributed by atoms with van der Waals surface area (Å²) in [4.78, 5) is 4.72. The fraction of sp³-hybridized carbons (Fsp3) is 0.100. The predicted octanol–water partition coefficient (Wildman–Crippen LogP) is 4.07. The van der Waals surface area contributed by atoms with E-state index in [4.69, 9.17) is 16.0 Å². The lowest BCUT2D eigenvalue weighted by molar-refractivity contribution is 0.501. The molecular formula is C10H7BrClNO. The molecule has 0 fully saturated rings. The lowest BCUT2D eigenvalue weighted by Crippen LogP contribution is -1.79. The molecule has 1 aromatic heterocycles. The quantitative estimate of drug-likeness (QED) is 0.782. The fourth-order valence-electron chi connectivity index (χ4n) is 1.24. The van der Waals surface area contributed by atoms with E-state index >= 15 is 0 Å². The average molecular weight is 273 g/mol. The highest BCUT2D eigenvalue weighted by Gasteiger charge is 2.09. The Morgan fingerprint density at radius 1 is 1.29 bits per heavy atom. The van der Waals surface area contributed by atoms with Crippen molar-refractivity contribution in [3.63, 3.8) is 0 Å². The number of benzene rings is 1. The molecule has 0 unspecified atom stereocenters. The second-order valence-electron chi connectivity index (χ2n) is 2.88. The van der Waals surface area contributed by atoms with Crippen molar-refractivity contribution in [1.82, 2.24) is 4.98 Å². The molecule has 0 radical (unpaired) electrons. The summed E-state index contributed by atoms with van der Waals surface area (Å²) in [6.45, 7) is 1.88. The van der Waals surface area contributed by atoms with Gasteiger partial charge >= 0.3 is 0 Å². The minimum Gasteiger partial charge on any atom is -0.436 e. The number of nitrogens with zero attached hydrogens (tertiary/aromatic N) is 1. The summed E-state index contributed by atoms with van der Waals surface area (Å²) >= 11 is 8.98. The second kappa shape index (κ2) is 3.75. The number of oxazole rings is 1. The van der Waals surface area contributed by atoms with Gasteiger partial charge in [-0.25, -0.2) is 4.98 Å². The molecule has 0 atom stereocenters. The van der Waals surface area contributed by atoms with E-state index in [2.05, 4.69) is 20.9 Å². The second-order valence-corrected chi connectivity index (χ2v) is 3.99. The van der Waals surface area contributed by atoms with E-state index in [9.17, 15) is 0 Å². The van der Waals surface area contributed by atoms with E-state index in [-0.39, 0.29) is 0 Å². The predicted molar refractivity (Wildman–Crippen MR) is 59.4 cm³/mol. The van der Waals surface area contributed by atoms with Crippen molar-refractivity contribution in [2.45, 2.75) is 6.92 Å². The summed E-state index contributed by atoms with van der Waals surface area (Å²) in [5.41, 5.74) is 1.84. The van der Waals surface area contributed by atoms with E-state index in [1.54, 1.807) is 0 Å². The van der Waals surface area contributed by atoms with Crippen LogP contribution in [-0.2, 0) is 0 Å². The van der Waals surface area contributed by atoms with Crippen molar-refractivity contribution < 1.29 is 4.42 Å². The lowest BCUT2D eigenvalue weighted by Gasteiger charge is -1.96. The van der Waals surface area contributed by atoms with Crippen LogP contribution in [-0.4, -0.2) is 4.98 Å². The van der Waals surface area contributed by atoms with Crippen molar-refractivity contribution in [2.75, 3.05) is 0 Å². The van der Waals surface area contributed by atoms with Crippen LogP contribution in [0.1, 0.15) is 5.76 Å². The molecule has 0 N–H and O–H groups in total. The highest BCUT2D eigenvalue weighted by molar-refractivity contribution is 9.10. The molecule has 1 heterocycles. The third-order valence-electron chi connectivity index (χ3n) is 1.89. The Morgan fingerprint density at radius 2 is 1.93 bits per heavy atom. The Bertz CT molecular complexity index is 450. The van der Waals surface area contributed by atoms with Crippen LogP contribution in [0.25, 0.3) is 11.3 Å². The molecule has 2 aromatic rings. The van der Waals surface area contributed by atoms with Gasteiger partial charge in [0.1, 0.15) is 11.5 Å². The van der Waals surface area contributed by atoms with Crippen LogP contribution in [0, 0.1) is 6.92 Å². The van der Waals surface area contributed by atoms with Gasteiger partial charge in [-0.15, -0.1) is 0 Å². The Kier molecular flexibility index (Phi) is 2.61. The molecule has 4 heteroatoms. The molecule has 1 aromatic carbocycles. The third-order valence-corrected chi connectivity index (χ3v) is 2.48. The number of aromatic nitrogens is 1. The van der Waals surface area contributed by atoms with Gasteiger partial charge in [-0.3, -0.25) is 0 Å². The monoisotopic (exact) mass is 271 g/mol. The van der Waals surface area contributed by atoms with E-state index < -0.39 is 0 Å². The van der Waals surface area contributed by atoms with Gasteiger partial charge in [0, 0.05) is 26.5 Å². The highest BCUT2D eigenvalue weighted by atomic mass is 79.9. The van der Waals surface area contributed by atoms with Gasteiger partial charge in [-0.05, 0) is 19.1 Å². The lowest BCUT2D eigenvalue weighted by atomic mass is 10.1. The molecule has 0 saturated carbocycles. The zero-order valence-corrected chi connectivity index (χ0v) is 9.76. The standard InChI is InChI=1S/C10H7BrClNO/c1-6-9(13-10(11)14-6)7-2-4-8(12)5-3-7/h2-5H,1H3. The summed E-state index contributed by atoms with van der Waals surface area (Å²) in [7, 11) is 0. The van der Waals surface area contributed by atoms with E-state index in [0.29, 0.717) is 9.82 Å². The minimum atomic E-state index is 0.500. The first-order chi connectivity index (χ1) is 6.66. The first kappa shape index (κ1) is 9.74. The first-order valence-electron chi connectivity index (χ1n) is 4.05. The first-order valence-corrected chi connectivity index (χ1v) is 5.23. The Hall–Kier alpha value is -0.800. The van der Waals surface area contributed by atoms with Gasteiger partial charge in [0.15, 0.2) is 0 Å². The molecule has 0 aliphatic heterocycles. The van der Waals surface area contributed by atoms with Crippen LogP contribution >= 0.6 is 27.5 Å². The number of hydrogen-bond donors (Lipinski definition) is 0. The summed E-state index contributed by atoms with van der Waals surface area (Å²) in [5.74, 6) is 0.791. The van der Waals surface area contributed by atoms with Gasteiger partial charge in [-0.1, -0.05) is 23.7 Å². The molecule has 0 aliphatic carbocycles. The molecule has 14 heavy (non-hydrogen) atoms. The summed E-state index contributed by atoms with van der Waals surface area (Å²) < 4.78 is 5.27. The molecule has 2 rings (SSSR count). The molecule has 0 amide bonds. The number of rotatable bonds is 1. The average Bonchev–Trinajstić information content (AvgIpc) is 2.47. The maximum Gasteiger partial charge on any atom is 0.264 e. The molecular weight excluding hydrogens is 265 g/mol. The summed E-state index contributed by atoms with van der Waals surface area (Å²) in [6.07, 6.45) is 0. The van der Waals surface area contributed by atoms with E-state index in [1.165, 1.54) is 0 Å². The Balaban J connectivity index is 2.49. The zero-order chi connectivity index (χ0) is 10.1. The SMILES string of the molecule is Cc1oc(Br)nc1-c1ccc(Cl)cc1. The largest absolute Gasteiger partial charge is 0.436 e. The van der Waals surface area contributed by atoms with Crippen molar-refractivity contribution >= 4 is 27.5 Å². The maximum absolute atomic E-state index is 5.79. The fourth-order valence-corrected chi connectivity index (χ4v) is 1.79. The molecule has 0 aliphatic rings. The number of hydrogen-bond acceptors (Lipinski definition) is 2. The minimum absolute atomic E-state index is 0.500. The zero-order valence-electron chi connectivity index (χ0n) is 7.42. The van der Waals surface area contributed by atoms with Crippen molar-refractivity contribution in [3.05, 3.63) is 39.8 Å².